The molecule has 10 nitrogen and oxygen atoms in total. The monoisotopic (exact) mass is 491 g/mol. The van der Waals surface area contributed by atoms with Crippen LogP contribution in [-0.2, 0) is 23.9 Å². The number of anilines is 1. The number of alkyl halides is 1. The van der Waals surface area contributed by atoms with Gasteiger partial charge in [-0.15, -0.1) is 11.6 Å². The maximum Gasteiger partial charge on any atom is 0.328 e. The van der Waals surface area contributed by atoms with E-state index in [1.165, 1.54) is 12.3 Å². The summed E-state index contributed by atoms with van der Waals surface area (Å²) in [4.78, 5) is 52.6. The zero-order valence-electron chi connectivity index (χ0n) is 18.8. The molecule has 0 fully saturated rings. The molecule has 0 bridgehead atoms. The van der Waals surface area contributed by atoms with E-state index < -0.39 is 23.9 Å². The molecule has 0 saturated heterocycles. The SMILES string of the molecule is CCOC(=O)CC[C@H](NC(=O)c1ncccc1Oc1cccc(NC(=O)CCl)c1)C(=O)OCC. The van der Waals surface area contributed by atoms with Crippen molar-refractivity contribution >= 4 is 41.0 Å². The lowest BCUT2D eigenvalue weighted by molar-refractivity contribution is -0.146. The van der Waals surface area contributed by atoms with Gasteiger partial charge in [-0.3, -0.25) is 14.4 Å². The molecule has 0 spiro atoms. The summed E-state index contributed by atoms with van der Waals surface area (Å²) in [5, 5.41) is 5.15. The average Bonchev–Trinajstić information content (AvgIpc) is 2.82. The lowest BCUT2D eigenvalue weighted by atomic mass is 10.1. The first-order chi connectivity index (χ1) is 16.4. The normalized spacial score (nSPS) is 11.1. The minimum absolute atomic E-state index is 0.00521. The van der Waals surface area contributed by atoms with Crippen molar-refractivity contribution in [3.05, 3.63) is 48.3 Å². The average molecular weight is 492 g/mol. The van der Waals surface area contributed by atoms with Crippen molar-refractivity contribution in [3.8, 4) is 11.5 Å². The number of amides is 2. The Kier molecular flexibility index (Phi) is 10.8. The number of carbonyl (C=O) groups excluding carboxylic acids is 4. The Morgan fingerprint density at radius 1 is 1.06 bits per heavy atom. The van der Waals surface area contributed by atoms with E-state index in [1.807, 2.05) is 0 Å². The zero-order chi connectivity index (χ0) is 24.9. The van der Waals surface area contributed by atoms with Gasteiger partial charge < -0.3 is 24.8 Å². The van der Waals surface area contributed by atoms with E-state index in [-0.39, 0.29) is 49.3 Å². The van der Waals surface area contributed by atoms with E-state index in [0.29, 0.717) is 11.4 Å². The molecule has 1 heterocycles. The van der Waals surface area contributed by atoms with Gasteiger partial charge in [0.2, 0.25) is 5.91 Å². The van der Waals surface area contributed by atoms with Crippen LogP contribution in [0.1, 0.15) is 37.2 Å². The van der Waals surface area contributed by atoms with Gasteiger partial charge in [0, 0.05) is 24.4 Å². The summed E-state index contributed by atoms with van der Waals surface area (Å²) in [6.45, 7) is 3.63. The van der Waals surface area contributed by atoms with Gasteiger partial charge in [-0.05, 0) is 44.5 Å². The van der Waals surface area contributed by atoms with E-state index in [2.05, 4.69) is 15.6 Å². The molecule has 2 N–H and O–H groups in total. The molecule has 1 aromatic carbocycles. The van der Waals surface area contributed by atoms with Gasteiger partial charge in [0.05, 0.1) is 13.2 Å². The molecule has 0 aliphatic rings. The number of carbonyl (C=O) groups is 4. The predicted molar refractivity (Wildman–Crippen MR) is 124 cm³/mol. The van der Waals surface area contributed by atoms with Crippen molar-refractivity contribution in [1.29, 1.82) is 0 Å². The zero-order valence-corrected chi connectivity index (χ0v) is 19.6. The minimum atomic E-state index is -1.08. The van der Waals surface area contributed by atoms with Crippen LogP contribution in [0.15, 0.2) is 42.6 Å². The van der Waals surface area contributed by atoms with Crippen LogP contribution in [0.2, 0.25) is 0 Å². The number of nitrogens with one attached hydrogen (secondary N) is 2. The smallest absolute Gasteiger partial charge is 0.328 e. The van der Waals surface area contributed by atoms with Crippen molar-refractivity contribution in [3.63, 3.8) is 0 Å². The van der Waals surface area contributed by atoms with Crippen molar-refractivity contribution in [1.82, 2.24) is 10.3 Å². The van der Waals surface area contributed by atoms with Crippen LogP contribution in [0.3, 0.4) is 0 Å². The largest absolute Gasteiger partial charge is 0.466 e. The first-order valence-electron chi connectivity index (χ1n) is 10.6. The van der Waals surface area contributed by atoms with Crippen LogP contribution in [0.25, 0.3) is 0 Å². The van der Waals surface area contributed by atoms with Gasteiger partial charge in [-0.25, -0.2) is 9.78 Å². The van der Waals surface area contributed by atoms with Crippen molar-refractivity contribution in [2.45, 2.75) is 32.7 Å². The highest BCUT2D eigenvalue weighted by atomic mass is 35.5. The first-order valence-corrected chi connectivity index (χ1v) is 11.1. The number of rotatable bonds is 12. The van der Waals surface area contributed by atoms with Crippen LogP contribution in [-0.4, -0.2) is 53.9 Å². The van der Waals surface area contributed by atoms with E-state index >= 15 is 0 Å². The summed E-state index contributed by atoms with van der Waals surface area (Å²) >= 11 is 5.51. The number of ether oxygens (including phenoxy) is 3. The van der Waals surface area contributed by atoms with Gasteiger partial charge in [-0.2, -0.15) is 0 Å². The quantitative estimate of drug-likeness (QED) is 0.342. The maximum absolute atomic E-state index is 12.9. The third-order valence-corrected chi connectivity index (χ3v) is 4.51. The summed E-state index contributed by atoms with van der Waals surface area (Å²) < 4.78 is 15.7. The van der Waals surface area contributed by atoms with Crippen LogP contribution in [0.4, 0.5) is 5.69 Å². The second-order valence-electron chi connectivity index (χ2n) is 6.78. The second-order valence-corrected chi connectivity index (χ2v) is 7.05. The Morgan fingerprint density at radius 2 is 1.82 bits per heavy atom. The molecule has 1 atom stereocenters. The number of pyridine rings is 1. The highest BCUT2D eigenvalue weighted by molar-refractivity contribution is 6.29. The van der Waals surface area contributed by atoms with Crippen molar-refractivity contribution in [2.75, 3.05) is 24.4 Å². The fraction of sp³-hybridized carbons (Fsp3) is 0.348. The Labute approximate surface area is 201 Å². The van der Waals surface area contributed by atoms with Gasteiger partial charge in [0.25, 0.3) is 5.91 Å². The number of aromatic nitrogens is 1. The van der Waals surface area contributed by atoms with Gasteiger partial charge in [0.1, 0.15) is 17.7 Å². The summed E-state index contributed by atoms with van der Waals surface area (Å²) in [6, 6.07) is 8.52. The fourth-order valence-corrected chi connectivity index (χ4v) is 2.88. The van der Waals surface area contributed by atoms with Crippen LogP contribution < -0.4 is 15.4 Å². The molecule has 0 unspecified atom stereocenters. The van der Waals surface area contributed by atoms with Gasteiger partial charge in [0.15, 0.2) is 11.4 Å². The molecular weight excluding hydrogens is 466 g/mol. The molecule has 2 aromatic rings. The second kappa shape index (κ2) is 13.8. The van der Waals surface area contributed by atoms with Crippen molar-refractivity contribution in [2.24, 2.45) is 0 Å². The number of benzene rings is 1. The molecule has 0 aliphatic carbocycles. The number of nitrogens with zero attached hydrogens (tertiary/aromatic N) is 1. The highest BCUT2D eigenvalue weighted by Gasteiger charge is 2.26. The number of hydrogen-bond acceptors (Lipinski definition) is 8. The summed E-state index contributed by atoms with van der Waals surface area (Å²) in [5.41, 5.74) is 0.377. The summed E-state index contributed by atoms with van der Waals surface area (Å²) in [7, 11) is 0. The summed E-state index contributed by atoms with van der Waals surface area (Å²) in [5.74, 6) is -1.99. The number of esters is 2. The van der Waals surface area contributed by atoms with E-state index in [9.17, 15) is 19.2 Å². The lowest BCUT2D eigenvalue weighted by Crippen LogP contribution is -2.42. The number of halogens is 1. The maximum atomic E-state index is 12.9. The number of hydrogen-bond donors (Lipinski definition) is 2. The Balaban J connectivity index is 2.18. The first kappa shape index (κ1) is 26.6. The fourth-order valence-electron chi connectivity index (χ4n) is 2.82. The molecule has 0 aliphatic heterocycles. The third kappa shape index (κ3) is 8.36. The minimum Gasteiger partial charge on any atom is -0.466 e. The molecule has 0 radical (unpaired) electrons. The molecule has 182 valence electrons. The molecule has 34 heavy (non-hydrogen) atoms. The van der Waals surface area contributed by atoms with Crippen molar-refractivity contribution < 1.29 is 33.4 Å². The molecule has 2 rings (SSSR count). The van der Waals surface area contributed by atoms with E-state index in [1.54, 1.807) is 44.2 Å². The van der Waals surface area contributed by atoms with Crippen LogP contribution >= 0.6 is 11.6 Å². The lowest BCUT2D eigenvalue weighted by Gasteiger charge is -2.18. The predicted octanol–water partition coefficient (Wildman–Crippen LogP) is 3.06. The molecule has 0 saturated carbocycles. The van der Waals surface area contributed by atoms with Gasteiger partial charge in [-0.1, -0.05) is 6.07 Å². The molecular formula is C23H26ClN3O7. The van der Waals surface area contributed by atoms with E-state index in [4.69, 9.17) is 25.8 Å². The van der Waals surface area contributed by atoms with E-state index in [0.717, 1.165) is 0 Å². The Bertz CT molecular complexity index is 1020. The molecule has 2 amide bonds. The van der Waals surface area contributed by atoms with Gasteiger partial charge >= 0.3 is 11.9 Å². The highest BCUT2D eigenvalue weighted by Crippen LogP contribution is 2.26. The standard InChI is InChI=1S/C23H26ClN3O7/c1-3-32-20(29)11-10-17(23(31)33-4-2)27-22(30)21-18(9-6-12-25-21)34-16-8-5-7-15(13-16)26-19(28)14-24/h5-9,12-13,17H,3-4,10-11,14H2,1-2H3,(H,26,28)(H,27,30)/t17-/m0/s1. The Hall–Kier alpha value is -3.66. The van der Waals surface area contributed by atoms with Crippen LogP contribution in [0, 0.1) is 0 Å². The topological polar surface area (TPSA) is 133 Å². The van der Waals surface area contributed by atoms with Crippen LogP contribution in [0.5, 0.6) is 11.5 Å². The third-order valence-electron chi connectivity index (χ3n) is 4.27. The Morgan fingerprint density at radius 3 is 2.53 bits per heavy atom. The molecule has 1 aromatic heterocycles. The molecule has 11 heteroatoms. The summed E-state index contributed by atoms with van der Waals surface area (Å²) in [6.07, 6.45) is 1.32.